The first-order valence-electron chi connectivity index (χ1n) is 0.500. The largest absolute Gasteiger partial charge is 0.187 e. The van der Waals surface area contributed by atoms with Crippen LogP contribution in [0.1, 0.15) is 0 Å². The summed E-state index contributed by atoms with van der Waals surface area (Å²) in [5.74, 6) is 0. The van der Waals surface area contributed by atoms with E-state index in [1.54, 1.807) is 0 Å². The van der Waals surface area contributed by atoms with Gasteiger partial charge in [0, 0.05) is 0 Å². The van der Waals surface area contributed by atoms with Crippen LogP contribution >= 0.6 is 24.8 Å². The molecule has 0 aromatic carbocycles. The van der Waals surface area contributed by atoms with Crippen molar-refractivity contribution in [1.29, 1.82) is 0 Å². The van der Waals surface area contributed by atoms with Crippen LogP contribution in [-0.2, 0) is 0 Å². The molecular formula is C2H9AlCl2. The normalized spacial score (nSPS) is 0.800. The van der Waals surface area contributed by atoms with Crippen LogP contribution in [0.2, 0.25) is 0 Å². The minimum Gasteiger partial charge on any atom is -0.147 e. The summed E-state index contributed by atoms with van der Waals surface area (Å²) < 4.78 is 0. The zero-order valence-corrected chi connectivity index (χ0v) is 3.86. The van der Waals surface area contributed by atoms with E-state index in [0.717, 1.165) is 0 Å². The van der Waals surface area contributed by atoms with Gasteiger partial charge in [0.1, 0.15) is 0 Å². The Morgan fingerprint density at radius 2 is 0.800 bits per heavy atom. The van der Waals surface area contributed by atoms with Crippen LogP contribution in [0.25, 0.3) is 0 Å². The summed E-state index contributed by atoms with van der Waals surface area (Å²) in [7, 11) is 0. The van der Waals surface area contributed by atoms with E-state index in [0.29, 0.717) is 0 Å². The lowest BCUT2D eigenvalue weighted by Gasteiger charge is -0.813. The van der Waals surface area contributed by atoms with Crippen LogP contribution in [0.4, 0.5) is 0 Å². The van der Waals surface area contributed by atoms with Crippen LogP contribution in [0.3, 0.4) is 0 Å². The minimum atomic E-state index is 0. The molecule has 0 saturated heterocycles. The molecule has 0 fully saturated rings. The highest BCUT2D eigenvalue weighted by Crippen LogP contribution is 0.862. The zero-order valence-electron chi connectivity index (χ0n) is 2.23. The van der Waals surface area contributed by atoms with Gasteiger partial charge in [0.25, 0.3) is 0 Å². The highest BCUT2D eigenvalue weighted by molar-refractivity contribution is 5.85. The number of hydrogen-bond donors (Lipinski definition) is 0. The van der Waals surface area contributed by atoms with Crippen molar-refractivity contribution in [2.75, 3.05) is 0 Å². The van der Waals surface area contributed by atoms with Gasteiger partial charge in [0.15, 0.2) is 17.4 Å². The monoisotopic (exact) mass is 130 g/mol. The van der Waals surface area contributed by atoms with Crippen molar-refractivity contribution in [3.8, 4) is 0 Å². The molecule has 5 heavy (non-hydrogen) atoms. The second kappa shape index (κ2) is 99.1. The fraction of sp³-hybridized carbons (Fsp3) is 0. The Hall–Kier alpha value is 0.852. The third-order valence-electron chi connectivity index (χ3n) is 0. The van der Waals surface area contributed by atoms with Gasteiger partial charge in [-0.3, -0.25) is 0 Å². The summed E-state index contributed by atoms with van der Waals surface area (Å²) in [5.41, 5.74) is 0. The first-order valence-corrected chi connectivity index (χ1v) is 0.500. The summed E-state index contributed by atoms with van der Waals surface area (Å²) in [5, 5.41) is 0. The van der Waals surface area contributed by atoms with Gasteiger partial charge in [-0.25, -0.2) is 0 Å². The lowest BCUT2D eigenvalue weighted by Crippen LogP contribution is -0.552. The van der Waals surface area contributed by atoms with E-state index in [-0.39, 0.29) is 42.2 Å². The molecule has 0 unspecified atom stereocenters. The second-order valence-electron chi connectivity index (χ2n) is 0. The molecule has 0 aromatic heterocycles. The molecule has 0 aliphatic heterocycles. The number of hydrogen-bond acceptors (Lipinski definition) is 0. The molecule has 3 heteroatoms. The Kier molecular flexibility index (Phi) is 796. The van der Waals surface area contributed by atoms with Crippen molar-refractivity contribution in [3.05, 3.63) is 13.2 Å². The molecular weight excluding hydrogens is 122 g/mol. The average Bonchev–Trinajstić information content (AvgIpc) is 1.00. The molecule has 0 heterocycles. The molecule has 0 nitrogen and oxygen atoms in total. The number of halogens is 2. The Labute approximate surface area is 55.6 Å². The second-order valence-corrected chi connectivity index (χ2v) is 0. The van der Waals surface area contributed by atoms with E-state index in [1.807, 2.05) is 0 Å². The van der Waals surface area contributed by atoms with Gasteiger partial charge in [-0.1, -0.05) is 0 Å². The zero-order chi connectivity index (χ0) is 2.00. The van der Waals surface area contributed by atoms with E-state index in [9.17, 15) is 0 Å². The van der Waals surface area contributed by atoms with E-state index in [1.165, 1.54) is 0 Å². The van der Waals surface area contributed by atoms with Crippen LogP contribution < -0.4 is 0 Å². The predicted molar refractivity (Wildman–Crippen MR) is 35.7 cm³/mol. The Morgan fingerprint density at radius 3 is 0.800 bits per heavy atom. The molecule has 0 atom stereocenters. The fourth-order valence-corrected chi connectivity index (χ4v) is 0. The van der Waals surface area contributed by atoms with Crippen molar-refractivity contribution in [2.45, 2.75) is 0 Å². The SMILES string of the molecule is C=C.Cl.Cl.[AlH3]. The van der Waals surface area contributed by atoms with Gasteiger partial charge in [0.05, 0.1) is 0 Å². The summed E-state index contributed by atoms with van der Waals surface area (Å²) >= 11 is 0. The van der Waals surface area contributed by atoms with E-state index >= 15 is 0 Å². The maximum absolute atomic E-state index is 3.00. The van der Waals surface area contributed by atoms with Crippen molar-refractivity contribution >= 4 is 42.2 Å². The standard InChI is InChI=1S/C2H4.Al.2ClH.3H/c1-2;;;;;;/h1-2H2;;2*1H;;;. The molecule has 0 saturated carbocycles. The first-order chi connectivity index (χ1) is 1.00. The van der Waals surface area contributed by atoms with Crippen molar-refractivity contribution in [1.82, 2.24) is 0 Å². The smallest absolute Gasteiger partial charge is 0.147 e. The summed E-state index contributed by atoms with van der Waals surface area (Å²) in [6.45, 7) is 6.00. The van der Waals surface area contributed by atoms with Crippen LogP contribution in [-0.4, -0.2) is 17.4 Å². The highest BCUT2D eigenvalue weighted by Gasteiger charge is 0.601. The third kappa shape index (κ3) is 54.3. The lowest BCUT2D eigenvalue weighted by atomic mass is 11.3. The molecule has 0 aromatic rings. The Balaban J connectivity index is -0.00000000167. The highest BCUT2D eigenvalue weighted by atomic mass is 35.5. The maximum Gasteiger partial charge on any atom is 0.187 e. The maximum atomic E-state index is 3.00. The van der Waals surface area contributed by atoms with Crippen molar-refractivity contribution in [2.24, 2.45) is 0 Å². The molecule has 0 aliphatic rings. The van der Waals surface area contributed by atoms with Gasteiger partial charge >= 0.3 is 0 Å². The number of rotatable bonds is 0. The molecule has 0 radical (unpaired) electrons. The predicted octanol–water partition coefficient (Wildman–Crippen LogP) is 0.462. The molecule has 0 amide bonds. The quantitative estimate of drug-likeness (QED) is 0.331. The third-order valence-corrected chi connectivity index (χ3v) is 0. The molecule has 34 valence electrons. The average molecular weight is 131 g/mol. The molecule has 0 rings (SSSR count). The lowest BCUT2D eigenvalue weighted by molar-refractivity contribution is 2.81. The van der Waals surface area contributed by atoms with Crippen LogP contribution in [0.5, 0.6) is 0 Å². The van der Waals surface area contributed by atoms with Gasteiger partial charge in [0.2, 0.25) is 0 Å². The van der Waals surface area contributed by atoms with Crippen molar-refractivity contribution in [3.63, 3.8) is 0 Å². The Morgan fingerprint density at radius 1 is 0.800 bits per heavy atom. The van der Waals surface area contributed by atoms with Gasteiger partial charge in [-0.2, -0.15) is 0 Å². The first kappa shape index (κ1) is 40.2. The van der Waals surface area contributed by atoms with Crippen molar-refractivity contribution < 1.29 is 0 Å². The fourth-order valence-electron chi connectivity index (χ4n) is 0. The van der Waals surface area contributed by atoms with E-state index < -0.39 is 0 Å². The van der Waals surface area contributed by atoms with Gasteiger partial charge in [-0.15, -0.1) is 38.0 Å². The van der Waals surface area contributed by atoms with E-state index in [4.69, 9.17) is 0 Å². The van der Waals surface area contributed by atoms with E-state index in [2.05, 4.69) is 13.2 Å². The molecule has 0 bridgehead atoms. The van der Waals surface area contributed by atoms with Gasteiger partial charge in [-0.05, 0) is 0 Å². The summed E-state index contributed by atoms with van der Waals surface area (Å²) in [6.07, 6.45) is 0. The summed E-state index contributed by atoms with van der Waals surface area (Å²) in [4.78, 5) is 0. The topological polar surface area (TPSA) is 0 Å². The van der Waals surface area contributed by atoms with Crippen LogP contribution in [0.15, 0.2) is 13.2 Å². The summed E-state index contributed by atoms with van der Waals surface area (Å²) in [6, 6.07) is 0. The molecule has 0 spiro atoms. The molecule has 0 aliphatic carbocycles. The van der Waals surface area contributed by atoms with Crippen LogP contribution in [0, 0.1) is 0 Å². The molecule has 0 N–H and O–H groups in total. The Bertz CT molecular complexity index is 7.61. The van der Waals surface area contributed by atoms with Gasteiger partial charge < -0.3 is 0 Å². The minimum absolute atomic E-state index is 0.